The fourth-order valence-corrected chi connectivity index (χ4v) is 4.73. The summed E-state index contributed by atoms with van der Waals surface area (Å²) < 4.78 is 37.7. The average Bonchev–Trinajstić information content (AvgIpc) is 2.93. The minimum Gasteiger partial charge on any atom is -0.497 e. The first-order valence-corrected chi connectivity index (χ1v) is 14.8. The molecule has 9 nitrogen and oxygen atoms in total. The first-order valence-electron chi connectivity index (χ1n) is 13.0. The Labute approximate surface area is 236 Å². The largest absolute Gasteiger partial charge is 0.497 e. The summed E-state index contributed by atoms with van der Waals surface area (Å²) in [7, 11) is -2.28. The Kier molecular flexibility index (Phi) is 10.6. The average molecular weight is 568 g/mol. The Morgan fingerprint density at radius 2 is 1.43 bits per heavy atom. The summed E-state index contributed by atoms with van der Waals surface area (Å²) in [5.41, 5.74) is 1.07. The summed E-state index contributed by atoms with van der Waals surface area (Å²) >= 11 is 0. The van der Waals surface area contributed by atoms with Gasteiger partial charge >= 0.3 is 0 Å². The van der Waals surface area contributed by atoms with Crippen LogP contribution in [0.1, 0.15) is 26.3 Å². The van der Waals surface area contributed by atoms with Crippen molar-refractivity contribution in [1.29, 1.82) is 0 Å². The SMILES string of the molecule is COc1ccc(CN(C(=O)CN(c2ccc(Oc3ccccc3)cc2)S(C)(=O)=O)[C@@H](C)C(=O)NCC(C)C)cc1. The fourth-order valence-electron chi connectivity index (χ4n) is 3.88. The molecule has 0 fully saturated rings. The summed E-state index contributed by atoms with van der Waals surface area (Å²) in [4.78, 5) is 28.0. The third-order valence-corrected chi connectivity index (χ3v) is 7.29. The number of sulfonamides is 1. The van der Waals surface area contributed by atoms with Crippen LogP contribution in [0.4, 0.5) is 5.69 Å². The van der Waals surface area contributed by atoms with Crippen LogP contribution in [0.15, 0.2) is 78.9 Å². The molecule has 1 atom stereocenters. The maximum atomic E-state index is 13.7. The molecule has 10 heteroatoms. The van der Waals surface area contributed by atoms with E-state index in [0.29, 0.717) is 29.5 Å². The van der Waals surface area contributed by atoms with E-state index in [1.165, 1.54) is 4.90 Å². The van der Waals surface area contributed by atoms with Gasteiger partial charge in [-0.05, 0) is 66.9 Å². The van der Waals surface area contributed by atoms with E-state index in [0.717, 1.165) is 16.1 Å². The Bertz CT molecular complexity index is 1360. The third-order valence-electron chi connectivity index (χ3n) is 6.15. The Morgan fingerprint density at radius 3 is 1.98 bits per heavy atom. The van der Waals surface area contributed by atoms with E-state index in [4.69, 9.17) is 9.47 Å². The van der Waals surface area contributed by atoms with E-state index >= 15 is 0 Å². The zero-order chi connectivity index (χ0) is 29.3. The smallest absolute Gasteiger partial charge is 0.244 e. The van der Waals surface area contributed by atoms with Gasteiger partial charge in [0, 0.05) is 13.1 Å². The van der Waals surface area contributed by atoms with E-state index in [9.17, 15) is 18.0 Å². The molecule has 2 amide bonds. The maximum Gasteiger partial charge on any atom is 0.244 e. The van der Waals surface area contributed by atoms with Gasteiger partial charge in [0.25, 0.3) is 0 Å². The number of ether oxygens (including phenoxy) is 2. The Morgan fingerprint density at radius 1 is 0.850 bits per heavy atom. The maximum absolute atomic E-state index is 13.7. The van der Waals surface area contributed by atoms with Crippen LogP contribution in [0.3, 0.4) is 0 Å². The minimum absolute atomic E-state index is 0.112. The van der Waals surface area contributed by atoms with Crippen LogP contribution in [0, 0.1) is 5.92 Å². The molecule has 0 aromatic heterocycles. The zero-order valence-corrected chi connectivity index (χ0v) is 24.4. The zero-order valence-electron chi connectivity index (χ0n) is 23.5. The van der Waals surface area contributed by atoms with E-state index in [1.807, 2.05) is 44.2 Å². The predicted molar refractivity (Wildman–Crippen MR) is 156 cm³/mol. The molecule has 1 N–H and O–H groups in total. The van der Waals surface area contributed by atoms with Gasteiger partial charge < -0.3 is 19.7 Å². The van der Waals surface area contributed by atoms with Crippen molar-refractivity contribution in [2.45, 2.75) is 33.4 Å². The molecule has 0 aliphatic heterocycles. The normalized spacial score (nSPS) is 11.9. The number of anilines is 1. The number of nitrogens with one attached hydrogen (secondary N) is 1. The van der Waals surface area contributed by atoms with Crippen LogP contribution in [0.25, 0.3) is 0 Å². The molecule has 214 valence electrons. The van der Waals surface area contributed by atoms with Crippen molar-refractivity contribution in [3.8, 4) is 17.2 Å². The molecule has 0 heterocycles. The predicted octanol–water partition coefficient (Wildman–Crippen LogP) is 4.44. The summed E-state index contributed by atoms with van der Waals surface area (Å²) in [5.74, 6) is 1.22. The summed E-state index contributed by atoms with van der Waals surface area (Å²) in [6, 6.07) is 22.0. The number of benzene rings is 3. The second-order valence-electron chi connectivity index (χ2n) is 9.86. The van der Waals surface area contributed by atoms with Gasteiger partial charge in [-0.25, -0.2) is 8.42 Å². The highest BCUT2D eigenvalue weighted by Gasteiger charge is 2.30. The van der Waals surface area contributed by atoms with Crippen LogP contribution in [-0.2, 0) is 26.2 Å². The van der Waals surface area contributed by atoms with Crippen LogP contribution >= 0.6 is 0 Å². The third kappa shape index (κ3) is 8.74. The van der Waals surface area contributed by atoms with Crippen molar-refractivity contribution >= 4 is 27.5 Å². The van der Waals surface area contributed by atoms with E-state index in [-0.39, 0.29) is 18.4 Å². The monoisotopic (exact) mass is 567 g/mol. The van der Waals surface area contributed by atoms with Crippen molar-refractivity contribution in [3.05, 3.63) is 84.4 Å². The molecule has 0 aliphatic rings. The minimum atomic E-state index is -3.84. The van der Waals surface area contributed by atoms with Crippen molar-refractivity contribution in [2.24, 2.45) is 5.92 Å². The summed E-state index contributed by atoms with van der Waals surface area (Å²) in [6.45, 7) is 5.69. The van der Waals surface area contributed by atoms with Gasteiger partial charge in [-0.2, -0.15) is 0 Å². The highest BCUT2D eigenvalue weighted by atomic mass is 32.2. The number of amides is 2. The molecule has 0 bridgehead atoms. The number of nitrogens with zero attached hydrogens (tertiary/aromatic N) is 2. The van der Waals surface area contributed by atoms with Gasteiger partial charge in [-0.1, -0.05) is 44.2 Å². The number of rotatable bonds is 13. The first-order chi connectivity index (χ1) is 19.0. The van der Waals surface area contributed by atoms with Gasteiger partial charge in [0.05, 0.1) is 19.1 Å². The second-order valence-corrected chi connectivity index (χ2v) is 11.8. The van der Waals surface area contributed by atoms with Gasteiger partial charge in [-0.15, -0.1) is 0 Å². The molecule has 0 unspecified atom stereocenters. The standard InChI is InChI=1S/C30H37N3O6S/c1-22(2)19-31-30(35)23(3)32(20-24-11-15-26(38-4)16-12-24)29(34)21-33(40(5,36)37)25-13-17-28(18-14-25)39-27-9-7-6-8-10-27/h6-18,22-23H,19-21H2,1-5H3,(H,31,35)/t23-/m0/s1. The van der Waals surface area contributed by atoms with E-state index in [1.54, 1.807) is 62.6 Å². The molecular formula is C30H37N3O6S. The van der Waals surface area contributed by atoms with Crippen molar-refractivity contribution < 1.29 is 27.5 Å². The highest BCUT2D eigenvalue weighted by molar-refractivity contribution is 7.92. The molecule has 0 spiro atoms. The number of hydrogen-bond acceptors (Lipinski definition) is 6. The van der Waals surface area contributed by atoms with Crippen molar-refractivity contribution in [2.75, 3.05) is 30.8 Å². The van der Waals surface area contributed by atoms with E-state index < -0.39 is 28.5 Å². The summed E-state index contributed by atoms with van der Waals surface area (Å²) in [6.07, 6.45) is 1.04. The topological polar surface area (TPSA) is 105 Å². The van der Waals surface area contributed by atoms with Gasteiger partial charge in [0.15, 0.2) is 0 Å². The Balaban J connectivity index is 1.85. The molecule has 40 heavy (non-hydrogen) atoms. The fraction of sp³-hybridized carbons (Fsp3) is 0.333. The molecule has 0 saturated heterocycles. The number of para-hydroxylation sites is 1. The number of hydrogen-bond donors (Lipinski definition) is 1. The number of carbonyl (C=O) groups is 2. The van der Waals surface area contributed by atoms with Crippen molar-refractivity contribution in [3.63, 3.8) is 0 Å². The summed E-state index contributed by atoms with van der Waals surface area (Å²) in [5, 5.41) is 2.86. The second kappa shape index (κ2) is 13.8. The van der Waals surface area contributed by atoms with Gasteiger partial charge in [-0.3, -0.25) is 13.9 Å². The molecule has 0 radical (unpaired) electrons. The van der Waals surface area contributed by atoms with Crippen LogP contribution < -0.4 is 19.1 Å². The van der Waals surface area contributed by atoms with Gasteiger partial charge in [0.2, 0.25) is 21.8 Å². The number of methoxy groups -OCH3 is 1. The lowest BCUT2D eigenvalue weighted by Crippen LogP contribution is -2.51. The highest BCUT2D eigenvalue weighted by Crippen LogP contribution is 2.26. The van der Waals surface area contributed by atoms with Crippen LogP contribution in [0.2, 0.25) is 0 Å². The first kappa shape index (κ1) is 30.5. The Hall–Kier alpha value is -4.05. The lowest BCUT2D eigenvalue weighted by Gasteiger charge is -2.31. The lowest BCUT2D eigenvalue weighted by atomic mass is 10.1. The van der Waals surface area contributed by atoms with Crippen molar-refractivity contribution in [1.82, 2.24) is 10.2 Å². The quantitative estimate of drug-likeness (QED) is 0.327. The number of carbonyl (C=O) groups excluding carboxylic acids is 2. The van der Waals surface area contributed by atoms with Crippen LogP contribution in [0.5, 0.6) is 17.2 Å². The lowest BCUT2D eigenvalue weighted by molar-refractivity contribution is -0.139. The molecular weight excluding hydrogens is 530 g/mol. The molecule has 3 aromatic carbocycles. The van der Waals surface area contributed by atoms with Gasteiger partial charge in [0.1, 0.15) is 29.8 Å². The molecule has 0 aliphatic carbocycles. The molecule has 3 rings (SSSR count). The van der Waals surface area contributed by atoms with E-state index in [2.05, 4.69) is 5.32 Å². The molecule has 3 aromatic rings. The van der Waals surface area contributed by atoms with Crippen LogP contribution in [-0.4, -0.2) is 57.6 Å². The molecule has 0 saturated carbocycles.